The van der Waals surface area contributed by atoms with Crippen LogP contribution in [0.5, 0.6) is 0 Å². The Morgan fingerprint density at radius 3 is 2.72 bits per heavy atom. The molecule has 0 aliphatic carbocycles. The summed E-state index contributed by atoms with van der Waals surface area (Å²) < 4.78 is 1.58. The minimum atomic E-state index is -1.01. The van der Waals surface area contributed by atoms with E-state index in [0.29, 0.717) is 11.2 Å². The maximum Gasteiger partial charge on any atom is 0.165 e. The minimum absolute atomic E-state index is 0.116. The molecule has 2 aromatic rings. The van der Waals surface area contributed by atoms with Gasteiger partial charge in [-0.1, -0.05) is 0 Å². The molecule has 2 atom stereocenters. The predicted octanol–water partition coefficient (Wildman–Crippen LogP) is -1.49. The number of hydrogen-bond donors (Lipinski definition) is 4. The number of nitrogens with two attached hydrogens (primary N) is 1. The van der Waals surface area contributed by atoms with E-state index in [2.05, 4.69) is 15.0 Å². The summed E-state index contributed by atoms with van der Waals surface area (Å²) in [5.74, 6) is 0.268. The van der Waals surface area contributed by atoms with E-state index < -0.39 is 12.2 Å². The lowest BCUT2D eigenvalue weighted by Crippen LogP contribution is -2.31. The van der Waals surface area contributed by atoms with Gasteiger partial charge in [-0.05, 0) is 6.42 Å². The lowest BCUT2D eigenvalue weighted by molar-refractivity contribution is -0.00298. The minimum Gasteiger partial charge on any atom is -0.396 e. The van der Waals surface area contributed by atoms with E-state index in [-0.39, 0.29) is 25.4 Å². The van der Waals surface area contributed by atoms with E-state index in [1.54, 1.807) is 4.57 Å². The van der Waals surface area contributed by atoms with E-state index in [4.69, 9.17) is 10.8 Å². The third kappa shape index (κ3) is 2.40. The Hall–Kier alpha value is -1.77. The summed E-state index contributed by atoms with van der Waals surface area (Å²) in [6.07, 6.45) is 0.902. The van der Waals surface area contributed by atoms with E-state index in [9.17, 15) is 10.2 Å². The Labute approximate surface area is 103 Å². The first kappa shape index (κ1) is 12.7. The average molecular weight is 253 g/mol. The molecule has 2 rings (SSSR count). The van der Waals surface area contributed by atoms with Gasteiger partial charge in [-0.15, -0.1) is 0 Å². The van der Waals surface area contributed by atoms with Crippen LogP contribution < -0.4 is 5.73 Å². The molecule has 98 valence electrons. The van der Waals surface area contributed by atoms with Gasteiger partial charge in [0, 0.05) is 6.61 Å². The normalized spacial score (nSPS) is 14.8. The third-order valence-electron chi connectivity index (χ3n) is 2.68. The van der Waals surface area contributed by atoms with Crippen molar-refractivity contribution in [2.75, 3.05) is 12.3 Å². The van der Waals surface area contributed by atoms with Crippen molar-refractivity contribution in [3.05, 3.63) is 12.7 Å². The largest absolute Gasteiger partial charge is 0.396 e. The van der Waals surface area contributed by atoms with Crippen LogP contribution in [0.15, 0.2) is 12.7 Å². The van der Waals surface area contributed by atoms with Gasteiger partial charge in [-0.25, -0.2) is 15.0 Å². The number of rotatable bonds is 5. The standard InChI is InChI=1S/C10H15N5O3/c11-9-8-10(13-4-12-9)15(5-14-8)3-7(18)6(17)1-2-16/h4-7,16-18H,1-3H2,(H2,11,12,13). The van der Waals surface area contributed by atoms with Gasteiger partial charge < -0.3 is 25.6 Å². The number of imidazole rings is 1. The Morgan fingerprint density at radius 1 is 1.22 bits per heavy atom. The smallest absolute Gasteiger partial charge is 0.165 e. The van der Waals surface area contributed by atoms with Crippen LogP contribution in [0.4, 0.5) is 5.82 Å². The highest BCUT2D eigenvalue weighted by Gasteiger charge is 2.18. The summed E-state index contributed by atoms with van der Waals surface area (Å²) in [4.78, 5) is 11.9. The maximum absolute atomic E-state index is 9.76. The lowest BCUT2D eigenvalue weighted by Gasteiger charge is -2.17. The Morgan fingerprint density at radius 2 is 2.00 bits per heavy atom. The van der Waals surface area contributed by atoms with Gasteiger partial charge >= 0.3 is 0 Å². The zero-order valence-electron chi connectivity index (χ0n) is 9.64. The molecule has 0 aliphatic heterocycles. The first-order valence-corrected chi connectivity index (χ1v) is 5.51. The summed E-state index contributed by atoms with van der Waals surface area (Å²) in [5.41, 5.74) is 6.59. The van der Waals surface area contributed by atoms with Gasteiger partial charge in [0.2, 0.25) is 0 Å². The van der Waals surface area contributed by atoms with Crippen molar-refractivity contribution in [3.8, 4) is 0 Å². The van der Waals surface area contributed by atoms with Crippen LogP contribution in [0, 0.1) is 0 Å². The van der Waals surface area contributed by atoms with E-state index in [1.807, 2.05) is 0 Å². The molecular weight excluding hydrogens is 238 g/mol. The third-order valence-corrected chi connectivity index (χ3v) is 2.68. The fourth-order valence-electron chi connectivity index (χ4n) is 1.68. The zero-order chi connectivity index (χ0) is 13.1. The van der Waals surface area contributed by atoms with E-state index >= 15 is 0 Å². The van der Waals surface area contributed by atoms with Crippen LogP contribution in [0.2, 0.25) is 0 Å². The molecule has 8 heteroatoms. The average Bonchev–Trinajstić information content (AvgIpc) is 2.74. The summed E-state index contributed by atoms with van der Waals surface area (Å²) in [7, 11) is 0. The van der Waals surface area contributed by atoms with Crippen molar-refractivity contribution in [2.45, 2.75) is 25.2 Å². The fraction of sp³-hybridized carbons (Fsp3) is 0.500. The van der Waals surface area contributed by atoms with E-state index in [0.717, 1.165) is 0 Å². The number of hydrogen-bond acceptors (Lipinski definition) is 7. The second-order valence-electron chi connectivity index (χ2n) is 3.98. The molecule has 0 saturated heterocycles. The second kappa shape index (κ2) is 5.25. The van der Waals surface area contributed by atoms with Crippen LogP contribution in [0.3, 0.4) is 0 Å². The number of aromatic nitrogens is 4. The van der Waals surface area contributed by atoms with Crippen molar-refractivity contribution in [1.82, 2.24) is 19.5 Å². The fourth-order valence-corrected chi connectivity index (χ4v) is 1.68. The van der Waals surface area contributed by atoms with Gasteiger partial charge in [-0.3, -0.25) is 0 Å². The summed E-state index contributed by atoms with van der Waals surface area (Å²) in [6, 6.07) is 0. The number of aliphatic hydroxyl groups excluding tert-OH is 3. The van der Waals surface area contributed by atoms with Gasteiger partial charge in [-0.2, -0.15) is 0 Å². The summed E-state index contributed by atoms with van der Waals surface area (Å²) >= 11 is 0. The Balaban J connectivity index is 2.19. The molecule has 5 N–H and O–H groups in total. The van der Waals surface area contributed by atoms with Crippen LogP contribution in [0.1, 0.15) is 6.42 Å². The van der Waals surface area contributed by atoms with Crippen molar-refractivity contribution in [1.29, 1.82) is 0 Å². The molecule has 2 aromatic heterocycles. The second-order valence-corrected chi connectivity index (χ2v) is 3.98. The molecule has 0 radical (unpaired) electrons. The Bertz CT molecular complexity index is 529. The van der Waals surface area contributed by atoms with Gasteiger partial charge in [0.05, 0.1) is 25.1 Å². The molecule has 0 fully saturated rings. The highest BCUT2D eigenvalue weighted by atomic mass is 16.3. The number of nitrogen functional groups attached to an aromatic ring is 1. The Kier molecular flexibility index (Phi) is 3.70. The van der Waals surface area contributed by atoms with E-state index in [1.165, 1.54) is 12.7 Å². The number of nitrogens with zero attached hydrogens (tertiary/aromatic N) is 4. The molecule has 0 aromatic carbocycles. The molecule has 2 unspecified atom stereocenters. The first-order chi connectivity index (χ1) is 8.63. The monoisotopic (exact) mass is 253 g/mol. The van der Waals surface area contributed by atoms with Crippen LogP contribution in [0.25, 0.3) is 11.2 Å². The number of aliphatic hydroxyl groups is 3. The molecule has 0 amide bonds. The predicted molar refractivity (Wildman–Crippen MR) is 63.5 cm³/mol. The maximum atomic E-state index is 9.76. The molecule has 0 bridgehead atoms. The summed E-state index contributed by atoms with van der Waals surface area (Å²) in [5, 5.41) is 28.0. The van der Waals surface area contributed by atoms with Gasteiger partial charge in [0.25, 0.3) is 0 Å². The molecule has 18 heavy (non-hydrogen) atoms. The van der Waals surface area contributed by atoms with Crippen molar-refractivity contribution < 1.29 is 15.3 Å². The number of anilines is 1. The SMILES string of the molecule is Nc1ncnc2c1ncn2CC(O)C(O)CCO. The first-order valence-electron chi connectivity index (χ1n) is 5.51. The van der Waals surface area contributed by atoms with Crippen molar-refractivity contribution in [3.63, 3.8) is 0 Å². The van der Waals surface area contributed by atoms with Crippen LogP contribution in [-0.2, 0) is 6.54 Å². The highest BCUT2D eigenvalue weighted by molar-refractivity contribution is 5.81. The quantitative estimate of drug-likeness (QED) is 0.510. The lowest BCUT2D eigenvalue weighted by atomic mass is 10.1. The molecule has 0 spiro atoms. The molecule has 8 nitrogen and oxygen atoms in total. The zero-order valence-corrected chi connectivity index (χ0v) is 9.64. The molecular formula is C10H15N5O3. The van der Waals surface area contributed by atoms with Gasteiger partial charge in [0.1, 0.15) is 11.8 Å². The summed E-state index contributed by atoms with van der Waals surface area (Å²) in [6.45, 7) is -0.0634. The van der Waals surface area contributed by atoms with Crippen molar-refractivity contribution in [2.24, 2.45) is 0 Å². The number of fused-ring (bicyclic) bond motifs is 1. The molecule has 0 aliphatic rings. The van der Waals surface area contributed by atoms with Crippen molar-refractivity contribution >= 4 is 17.0 Å². The highest BCUT2D eigenvalue weighted by Crippen LogP contribution is 2.15. The van der Waals surface area contributed by atoms with Gasteiger partial charge in [0.15, 0.2) is 11.5 Å². The van der Waals surface area contributed by atoms with Crippen LogP contribution in [-0.4, -0.2) is 53.7 Å². The van der Waals surface area contributed by atoms with Crippen LogP contribution >= 0.6 is 0 Å². The topological polar surface area (TPSA) is 130 Å². The molecule has 0 saturated carbocycles. The molecule has 2 heterocycles.